The highest BCUT2D eigenvalue weighted by Crippen LogP contribution is 2.19. The minimum atomic E-state index is 0.429. The van der Waals surface area contributed by atoms with Crippen molar-refractivity contribution in [3.05, 3.63) is 54.4 Å². The second kappa shape index (κ2) is 4.68. The average Bonchev–Trinajstić information content (AvgIpc) is 2.31. The van der Waals surface area contributed by atoms with Crippen molar-refractivity contribution in [1.29, 1.82) is 0 Å². The molecular formula is C12H12N2O. The zero-order chi connectivity index (χ0) is 10.5. The van der Waals surface area contributed by atoms with Gasteiger partial charge in [0.05, 0.1) is 6.61 Å². The minimum absolute atomic E-state index is 0.429. The van der Waals surface area contributed by atoms with E-state index in [2.05, 4.69) is 22.0 Å². The van der Waals surface area contributed by atoms with Crippen LogP contribution in [0.5, 0.6) is 0 Å². The summed E-state index contributed by atoms with van der Waals surface area (Å²) in [7, 11) is 0. The number of benzene rings is 1. The molecule has 2 aromatic rings. The van der Waals surface area contributed by atoms with Gasteiger partial charge in [0, 0.05) is 12.4 Å². The van der Waals surface area contributed by atoms with Crippen molar-refractivity contribution in [1.82, 2.24) is 4.98 Å². The van der Waals surface area contributed by atoms with Gasteiger partial charge in [0.2, 0.25) is 0 Å². The van der Waals surface area contributed by atoms with Gasteiger partial charge in [-0.15, -0.1) is 0 Å². The van der Waals surface area contributed by atoms with Crippen molar-refractivity contribution >= 4 is 0 Å². The third-order valence-corrected chi connectivity index (χ3v) is 2.19. The maximum absolute atomic E-state index is 5.04. The Labute approximate surface area is 88.5 Å². The first-order valence-electron chi connectivity index (χ1n) is 4.71. The first-order valence-corrected chi connectivity index (χ1v) is 4.71. The second-order valence-corrected chi connectivity index (χ2v) is 3.25. The van der Waals surface area contributed by atoms with Crippen LogP contribution < -0.4 is 5.90 Å². The molecule has 0 unspecified atom stereocenters. The lowest BCUT2D eigenvalue weighted by Crippen LogP contribution is -1.98. The minimum Gasteiger partial charge on any atom is -0.300 e. The molecule has 0 saturated heterocycles. The molecule has 0 aliphatic rings. The van der Waals surface area contributed by atoms with Crippen molar-refractivity contribution in [2.45, 2.75) is 6.61 Å². The van der Waals surface area contributed by atoms with Crippen LogP contribution in [-0.2, 0) is 11.4 Å². The van der Waals surface area contributed by atoms with Gasteiger partial charge in [-0.25, -0.2) is 5.90 Å². The summed E-state index contributed by atoms with van der Waals surface area (Å²) >= 11 is 0. The van der Waals surface area contributed by atoms with E-state index in [-0.39, 0.29) is 0 Å². The maximum atomic E-state index is 5.04. The smallest absolute Gasteiger partial charge is 0.0930 e. The fraction of sp³-hybridized carbons (Fsp3) is 0.0833. The zero-order valence-corrected chi connectivity index (χ0v) is 8.26. The fourth-order valence-corrected chi connectivity index (χ4v) is 1.48. The van der Waals surface area contributed by atoms with E-state index in [9.17, 15) is 0 Å². The molecule has 2 rings (SSSR count). The summed E-state index contributed by atoms with van der Waals surface area (Å²) in [6.07, 6.45) is 3.56. The van der Waals surface area contributed by atoms with Crippen LogP contribution in [-0.4, -0.2) is 4.98 Å². The lowest BCUT2D eigenvalue weighted by Gasteiger charge is -2.03. The topological polar surface area (TPSA) is 48.1 Å². The average molecular weight is 200 g/mol. The van der Waals surface area contributed by atoms with E-state index >= 15 is 0 Å². The van der Waals surface area contributed by atoms with Crippen molar-refractivity contribution in [3.8, 4) is 11.1 Å². The molecule has 1 aromatic carbocycles. The van der Waals surface area contributed by atoms with Gasteiger partial charge < -0.3 is 0 Å². The fourth-order valence-electron chi connectivity index (χ4n) is 1.48. The molecule has 0 amide bonds. The number of rotatable bonds is 3. The molecule has 76 valence electrons. The van der Waals surface area contributed by atoms with Gasteiger partial charge >= 0.3 is 0 Å². The molecule has 0 bridgehead atoms. The second-order valence-electron chi connectivity index (χ2n) is 3.25. The van der Waals surface area contributed by atoms with E-state index in [1.54, 1.807) is 12.4 Å². The van der Waals surface area contributed by atoms with Crippen LogP contribution in [0.25, 0.3) is 11.1 Å². The quantitative estimate of drug-likeness (QED) is 0.772. The molecule has 0 radical (unpaired) electrons. The van der Waals surface area contributed by atoms with Gasteiger partial charge in [-0.3, -0.25) is 9.82 Å². The third kappa shape index (κ3) is 2.40. The van der Waals surface area contributed by atoms with Gasteiger partial charge in [-0.1, -0.05) is 18.2 Å². The van der Waals surface area contributed by atoms with E-state index in [0.29, 0.717) is 6.61 Å². The monoisotopic (exact) mass is 200 g/mol. The standard InChI is InChI=1S/C12H12N2O/c13-15-9-10-2-1-3-12(8-10)11-4-6-14-7-5-11/h1-8H,9,13H2. The number of pyridine rings is 1. The first-order chi connectivity index (χ1) is 7.40. The molecule has 0 aliphatic carbocycles. The number of aromatic nitrogens is 1. The van der Waals surface area contributed by atoms with Crippen LogP contribution in [0.4, 0.5) is 0 Å². The Hall–Kier alpha value is -1.71. The first kappa shape index (κ1) is 9.83. The highest BCUT2D eigenvalue weighted by molar-refractivity contribution is 5.63. The Bertz CT molecular complexity index is 429. The zero-order valence-electron chi connectivity index (χ0n) is 8.26. The van der Waals surface area contributed by atoms with Crippen molar-refractivity contribution < 1.29 is 4.84 Å². The summed E-state index contributed by atoms with van der Waals surface area (Å²) in [5.74, 6) is 5.04. The third-order valence-electron chi connectivity index (χ3n) is 2.19. The Morgan fingerprint density at radius 2 is 1.87 bits per heavy atom. The van der Waals surface area contributed by atoms with Gasteiger partial charge in [-0.2, -0.15) is 0 Å². The molecule has 1 aromatic heterocycles. The van der Waals surface area contributed by atoms with E-state index < -0.39 is 0 Å². The summed E-state index contributed by atoms with van der Waals surface area (Å²) in [6, 6.07) is 12.0. The molecule has 0 aliphatic heterocycles. The van der Waals surface area contributed by atoms with Crippen LogP contribution in [0.3, 0.4) is 0 Å². The summed E-state index contributed by atoms with van der Waals surface area (Å²) in [4.78, 5) is 8.59. The van der Waals surface area contributed by atoms with Gasteiger partial charge in [0.15, 0.2) is 0 Å². The Kier molecular flexibility index (Phi) is 3.07. The predicted octanol–water partition coefficient (Wildman–Crippen LogP) is 2.14. The number of hydrogen-bond donors (Lipinski definition) is 1. The highest BCUT2D eigenvalue weighted by atomic mass is 16.6. The van der Waals surface area contributed by atoms with Crippen LogP contribution in [0.15, 0.2) is 48.8 Å². The van der Waals surface area contributed by atoms with Crippen LogP contribution in [0.2, 0.25) is 0 Å². The van der Waals surface area contributed by atoms with Crippen LogP contribution >= 0.6 is 0 Å². The van der Waals surface area contributed by atoms with Gasteiger partial charge in [-0.05, 0) is 34.9 Å². The molecule has 3 heteroatoms. The summed E-state index contributed by atoms with van der Waals surface area (Å²) in [5.41, 5.74) is 3.35. The summed E-state index contributed by atoms with van der Waals surface area (Å²) in [5, 5.41) is 0. The number of nitrogens with zero attached hydrogens (tertiary/aromatic N) is 1. The van der Waals surface area contributed by atoms with E-state index in [1.165, 1.54) is 0 Å². The molecule has 0 fully saturated rings. The lowest BCUT2D eigenvalue weighted by atomic mass is 10.0. The van der Waals surface area contributed by atoms with E-state index in [1.807, 2.05) is 24.3 Å². The summed E-state index contributed by atoms with van der Waals surface area (Å²) < 4.78 is 0. The summed E-state index contributed by atoms with van der Waals surface area (Å²) in [6.45, 7) is 0.429. The Morgan fingerprint density at radius 1 is 1.07 bits per heavy atom. The molecule has 15 heavy (non-hydrogen) atoms. The molecule has 1 heterocycles. The number of nitrogens with two attached hydrogens (primary N) is 1. The molecule has 0 atom stereocenters. The Balaban J connectivity index is 2.33. The molecule has 3 nitrogen and oxygen atoms in total. The van der Waals surface area contributed by atoms with Gasteiger partial charge in [0.25, 0.3) is 0 Å². The SMILES string of the molecule is NOCc1cccc(-c2ccncc2)c1. The van der Waals surface area contributed by atoms with Crippen molar-refractivity contribution in [2.75, 3.05) is 0 Å². The lowest BCUT2D eigenvalue weighted by molar-refractivity contribution is 0.124. The van der Waals surface area contributed by atoms with Crippen LogP contribution in [0, 0.1) is 0 Å². The van der Waals surface area contributed by atoms with E-state index in [4.69, 9.17) is 5.90 Å². The van der Waals surface area contributed by atoms with E-state index in [0.717, 1.165) is 16.7 Å². The molecular weight excluding hydrogens is 188 g/mol. The number of hydrogen-bond acceptors (Lipinski definition) is 3. The maximum Gasteiger partial charge on any atom is 0.0930 e. The Morgan fingerprint density at radius 3 is 2.60 bits per heavy atom. The molecule has 2 N–H and O–H groups in total. The van der Waals surface area contributed by atoms with Gasteiger partial charge in [0.1, 0.15) is 0 Å². The van der Waals surface area contributed by atoms with Crippen molar-refractivity contribution in [3.63, 3.8) is 0 Å². The highest BCUT2D eigenvalue weighted by Gasteiger charge is 1.98. The predicted molar refractivity (Wildman–Crippen MR) is 58.6 cm³/mol. The van der Waals surface area contributed by atoms with Crippen LogP contribution in [0.1, 0.15) is 5.56 Å². The largest absolute Gasteiger partial charge is 0.300 e. The molecule has 0 spiro atoms. The normalized spacial score (nSPS) is 10.2. The molecule has 0 saturated carbocycles. The van der Waals surface area contributed by atoms with Crippen molar-refractivity contribution in [2.24, 2.45) is 5.90 Å².